The van der Waals surface area contributed by atoms with Gasteiger partial charge in [0.2, 0.25) is 5.91 Å². The average molecular weight is 398 g/mol. The zero-order valence-corrected chi connectivity index (χ0v) is 16.6. The van der Waals surface area contributed by atoms with Crippen molar-refractivity contribution in [1.82, 2.24) is 19.7 Å². The summed E-state index contributed by atoms with van der Waals surface area (Å²) in [7, 11) is 0. The lowest BCUT2D eigenvalue weighted by Gasteiger charge is -2.31. The molecular formula is C21H26N4O4. The Morgan fingerprint density at radius 2 is 1.86 bits per heavy atom. The monoisotopic (exact) mass is 398 g/mol. The minimum absolute atomic E-state index is 0.0469. The van der Waals surface area contributed by atoms with E-state index in [-0.39, 0.29) is 23.4 Å². The van der Waals surface area contributed by atoms with Crippen molar-refractivity contribution in [1.29, 1.82) is 0 Å². The molecule has 1 aliphatic heterocycles. The molecular weight excluding hydrogens is 372 g/mol. The van der Waals surface area contributed by atoms with Gasteiger partial charge in [0.15, 0.2) is 0 Å². The van der Waals surface area contributed by atoms with E-state index in [0.29, 0.717) is 57.6 Å². The van der Waals surface area contributed by atoms with Crippen molar-refractivity contribution >= 4 is 11.9 Å². The third kappa shape index (κ3) is 5.49. The number of aryl methyl sites for hydroxylation is 1. The number of nitrogens with zero attached hydrogens (tertiary/aromatic N) is 4. The van der Waals surface area contributed by atoms with E-state index in [9.17, 15) is 14.4 Å². The van der Waals surface area contributed by atoms with E-state index in [0.717, 1.165) is 5.56 Å². The van der Waals surface area contributed by atoms with Gasteiger partial charge >= 0.3 is 5.97 Å². The van der Waals surface area contributed by atoms with Crippen LogP contribution in [-0.2, 0) is 20.9 Å². The van der Waals surface area contributed by atoms with Crippen molar-refractivity contribution in [3.8, 4) is 11.3 Å². The highest BCUT2D eigenvalue weighted by molar-refractivity contribution is 5.77. The van der Waals surface area contributed by atoms with Gasteiger partial charge in [-0.2, -0.15) is 5.10 Å². The molecule has 0 aromatic carbocycles. The summed E-state index contributed by atoms with van der Waals surface area (Å²) in [6.07, 6.45) is 5.51. The molecule has 8 nitrogen and oxygen atoms in total. The first-order valence-electron chi connectivity index (χ1n) is 10.0. The number of amides is 1. The van der Waals surface area contributed by atoms with Gasteiger partial charge in [-0.25, -0.2) is 4.68 Å². The maximum absolute atomic E-state index is 12.5. The minimum atomic E-state index is -0.189. The number of pyridine rings is 1. The van der Waals surface area contributed by atoms with Gasteiger partial charge in [-0.15, -0.1) is 0 Å². The number of hydrogen-bond acceptors (Lipinski definition) is 6. The fourth-order valence-corrected chi connectivity index (χ4v) is 3.45. The number of esters is 1. The summed E-state index contributed by atoms with van der Waals surface area (Å²) in [5, 5.41) is 4.40. The Kier molecular flexibility index (Phi) is 7.10. The maximum atomic E-state index is 12.5. The third-order valence-corrected chi connectivity index (χ3v) is 5.07. The molecule has 3 heterocycles. The topological polar surface area (TPSA) is 94.4 Å². The van der Waals surface area contributed by atoms with Crippen molar-refractivity contribution < 1.29 is 14.3 Å². The number of carbonyl (C=O) groups excluding carboxylic acids is 2. The Balaban J connectivity index is 1.50. The number of rotatable bonds is 7. The van der Waals surface area contributed by atoms with Crippen LogP contribution in [0.2, 0.25) is 0 Å². The highest BCUT2D eigenvalue weighted by Crippen LogP contribution is 2.19. The SMILES string of the molecule is CCOC(=O)C1CCN(C(=O)CCCn2nc(-c3ccncc3)ccc2=O)CC1. The van der Waals surface area contributed by atoms with E-state index in [4.69, 9.17) is 4.74 Å². The predicted molar refractivity (Wildman–Crippen MR) is 107 cm³/mol. The van der Waals surface area contributed by atoms with E-state index in [1.807, 2.05) is 12.1 Å². The zero-order valence-electron chi connectivity index (χ0n) is 16.6. The molecule has 0 bridgehead atoms. The van der Waals surface area contributed by atoms with E-state index < -0.39 is 0 Å². The molecule has 0 saturated carbocycles. The van der Waals surface area contributed by atoms with E-state index in [1.165, 1.54) is 10.7 Å². The molecule has 154 valence electrons. The van der Waals surface area contributed by atoms with Crippen molar-refractivity contribution in [3.05, 3.63) is 47.0 Å². The molecule has 29 heavy (non-hydrogen) atoms. The third-order valence-electron chi connectivity index (χ3n) is 5.07. The smallest absolute Gasteiger partial charge is 0.309 e. The van der Waals surface area contributed by atoms with Crippen LogP contribution in [-0.4, -0.2) is 51.2 Å². The number of carbonyl (C=O) groups is 2. The predicted octanol–water partition coefficient (Wildman–Crippen LogP) is 1.89. The summed E-state index contributed by atoms with van der Waals surface area (Å²) in [6, 6.07) is 6.85. The van der Waals surface area contributed by atoms with Gasteiger partial charge in [-0.05, 0) is 44.4 Å². The Bertz CT molecular complexity index is 889. The molecule has 0 N–H and O–H groups in total. The van der Waals surface area contributed by atoms with Crippen LogP contribution in [0.5, 0.6) is 0 Å². The van der Waals surface area contributed by atoms with Gasteiger partial charge < -0.3 is 9.64 Å². The normalized spacial score (nSPS) is 14.6. The molecule has 1 amide bonds. The molecule has 0 unspecified atom stereocenters. The van der Waals surface area contributed by atoms with Crippen LogP contribution >= 0.6 is 0 Å². The van der Waals surface area contributed by atoms with Crippen molar-refractivity contribution in [3.63, 3.8) is 0 Å². The maximum Gasteiger partial charge on any atom is 0.309 e. The molecule has 2 aromatic rings. The first-order chi connectivity index (χ1) is 14.1. The van der Waals surface area contributed by atoms with Crippen LogP contribution in [0.1, 0.15) is 32.6 Å². The molecule has 1 fully saturated rings. The molecule has 3 rings (SSSR count). The number of piperidine rings is 1. The summed E-state index contributed by atoms with van der Waals surface area (Å²) in [5.74, 6) is -0.234. The molecule has 0 spiro atoms. The number of aromatic nitrogens is 3. The summed E-state index contributed by atoms with van der Waals surface area (Å²) in [4.78, 5) is 42.1. The van der Waals surface area contributed by atoms with Gasteiger partial charge in [-0.3, -0.25) is 19.4 Å². The summed E-state index contributed by atoms with van der Waals surface area (Å²) >= 11 is 0. The molecule has 2 aromatic heterocycles. The second-order valence-corrected chi connectivity index (χ2v) is 7.03. The molecule has 0 radical (unpaired) electrons. The standard InChI is InChI=1S/C21H26N4O4/c1-2-29-21(28)17-9-14-24(15-10-17)19(26)4-3-13-25-20(27)6-5-18(23-25)16-7-11-22-12-8-16/h5-8,11-12,17H,2-4,9-10,13-15H2,1H3. The van der Waals surface area contributed by atoms with Crippen LogP contribution in [0.3, 0.4) is 0 Å². The Morgan fingerprint density at radius 1 is 1.14 bits per heavy atom. The molecule has 1 saturated heterocycles. The number of likely N-dealkylation sites (tertiary alicyclic amines) is 1. The first-order valence-corrected chi connectivity index (χ1v) is 10.0. The Morgan fingerprint density at radius 3 is 2.55 bits per heavy atom. The first kappa shape index (κ1) is 20.7. The highest BCUT2D eigenvalue weighted by atomic mass is 16.5. The van der Waals surface area contributed by atoms with E-state index in [1.54, 1.807) is 30.3 Å². The number of ether oxygens (including phenoxy) is 1. The van der Waals surface area contributed by atoms with Gasteiger partial charge in [0.1, 0.15) is 0 Å². The lowest BCUT2D eigenvalue weighted by molar-refractivity contribution is -0.151. The van der Waals surface area contributed by atoms with E-state index >= 15 is 0 Å². The fourth-order valence-electron chi connectivity index (χ4n) is 3.45. The van der Waals surface area contributed by atoms with Gasteiger partial charge in [-0.1, -0.05) is 0 Å². The van der Waals surface area contributed by atoms with Gasteiger partial charge in [0.05, 0.1) is 18.2 Å². The average Bonchev–Trinajstić information content (AvgIpc) is 2.76. The Labute approximate surface area is 169 Å². The van der Waals surface area contributed by atoms with Crippen LogP contribution in [0, 0.1) is 5.92 Å². The van der Waals surface area contributed by atoms with Crippen LogP contribution in [0.15, 0.2) is 41.5 Å². The second kappa shape index (κ2) is 9.95. The minimum Gasteiger partial charge on any atom is -0.466 e. The van der Waals surface area contributed by atoms with Crippen LogP contribution in [0.4, 0.5) is 0 Å². The molecule has 0 aliphatic carbocycles. The lowest BCUT2D eigenvalue weighted by atomic mass is 9.97. The molecule has 0 atom stereocenters. The highest BCUT2D eigenvalue weighted by Gasteiger charge is 2.27. The molecule has 8 heteroatoms. The van der Waals surface area contributed by atoms with Crippen molar-refractivity contribution in [2.45, 2.75) is 39.2 Å². The second-order valence-electron chi connectivity index (χ2n) is 7.03. The van der Waals surface area contributed by atoms with Crippen LogP contribution in [0.25, 0.3) is 11.3 Å². The summed E-state index contributed by atoms with van der Waals surface area (Å²) in [6.45, 7) is 3.69. The van der Waals surface area contributed by atoms with E-state index in [2.05, 4.69) is 10.1 Å². The zero-order chi connectivity index (χ0) is 20.6. The Hall–Kier alpha value is -3.03. The molecule has 1 aliphatic rings. The lowest BCUT2D eigenvalue weighted by Crippen LogP contribution is -2.40. The summed E-state index contributed by atoms with van der Waals surface area (Å²) in [5.41, 5.74) is 1.39. The van der Waals surface area contributed by atoms with Crippen LogP contribution < -0.4 is 5.56 Å². The van der Waals surface area contributed by atoms with Gasteiger partial charge in [0.25, 0.3) is 5.56 Å². The summed E-state index contributed by atoms with van der Waals surface area (Å²) < 4.78 is 6.46. The van der Waals surface area contributed by atoms with Crippen molar-refractivity contribution in [2.75, 3.05) is 19.7 Å². The van der Waals surface area contributed by atoms with Gasteiger partial charge in [0, 0.05) is 50.1 Å². The largest absolute Gasteiger partial charge is 0.466 e. The fraction of sp³-hybridized carbons (Fsp3) is 0.476. The quantitative estimate of drug-likeness (QED) is 0.661. The van der Waals surface area contributed by atoms with Crippen molar-refractivity contribution in [2.24, 2.45) is 5.92 Å². The number of hydrogen-bond donors (Lipinski definition) is 0.